The fourth-order valence-electron chi connectivity index (χ4n) is 2.93. The van der Waals surface area contributed by atoms with Crippen LogP contribution in [0.25, 0.3) is 22.6 Å². The van der Waals surface area contributed by atoms with Crippen LogP contribution >= 0.6 is 0 Å². The van der Waals surface area contributed by atoms with Gasteiger partial charge in [-0.2, -0.15) is 0 Å². The van der Waals surface area contributed by atoms with E-state index < -0.39 is 0 Å². The molecule has 146 valence electrons. The van der Waals surface area contributed by atoms with Crippen LogP contribution < -0.4 is 0 Å². The van der Waals surface area contributed by atoms with Gasteiger partial charge in [0, 0.05) is 29.2 Å². The predicted octanol–water partition coefficient (Wildman–Crippen LogP) is 6.14. The maximum absolute atomic E-state index is 4.73. The van der Waals surface area contributed by atoms with Crippen molar-refractivity contribution in [2.75, 3.05) is 0 Å². The Morgan fingerprint density at radius 1 is 0.750 bits per heavy atom. The Hall–Kier alpha value is -2.62. The molecule has 0 atom stereocenters. The Labute approximate surface area is 168 Å². The molecule has 0 spiro atoms. The maximum atomic E-state index is 4.73. The van der Waals surface area contributed by atoms with Gasteiger partial charge in [0.25, 0.3) is 0 Å². The molecule has 0 radical (unpaired) electrons. The van der Waals surface area contributed by atoms with Crippen molar-refractivity contribution in [1.82, 2.24) is 19.9 Å². The number of hydrogen-bond acceptors (Lipinski definition) is 4. The molecule has 0 saturated carbocycles. The maximum Gasteiger partial charge on any atom is 0.163 e. The van der Waals surface area contributed by atoms with E-state index in [1.165, 1.54) is 5.56 Å². The minimum atomic E-state index is 0.0852. The summed E-state index contributed by atoms with van der Waals surface area (Å²) in [5, 5.41) is 0. The van der Waals surface area contributed by atoms with Crippen molar-refractivity contribution in [3.63, 3.8) is 0 Å². The van der Waals surface area contributed by atoms with Gasteiger partial charge in [-0.05, 0) is 29.2 Å². The summed E-state index contributed by atoms with van der Waals surface area (Å²) < 4.78 is 0. The average Bonchev–Trinajstić information content (AvgIpc) is 2.67. The smallest absolute Gasteiger partial charge is 0.163 e. The van der Waals surface area contributed by atoms with E-state index >= 15 is 0 Å². The van der Waals surface area contributed by atoms with Gasteiger partial charge in [-0.25, -0.2) is 15.0 Å². The molecular formula is C24H30N4. The van der Waals surface area contributed by atoms with E-state index in [9.17, 15) is 0 Å². The normalized spacial score (nSPS) is 12.0. The van der Waals surface area contributed by atoms with Gasteiger partial charge in [-0.15, -0.1) is 0 Å². The molecule has 0 amide bonds. The second-order valence-electron chi connectivity index (χ2n) is 8.95. The Kier molecular flexibility index (Phi) is 5.59. The van der Waals surface area contributed by atoms with Crippen molar-refractivity contribution in [3.05, 3.63) is 59.8 Å². The van der Waals surface area contributed by atoms with Crippen LogP contribution in [-0.2, 0) is 5.41 Å². The molecule has 2 heterocycles. The summed E-state index contributed by atoms with van der Waals surface area (Å²) in [5.74, 6) is 2.93. The van der Waals surface area contributed by atoms with E-state index in [-0.39, 0.29) is 17.3 Å². The molecule has 0 bridgehead atoms. The first-order valence-corrected chi connectivity index (χ1v) is 9.98. The van der Waals surface area contributed by atoms with Gasteiger partial charge in [0.05, 0.1) is 5.69 Å². The van der Waals surface area contributed by atoms with Gasteiger partial charge in [-0.3, -0.25) is 4.98 Å². The molecule has 0 aliphatic rings. The number of hydrogen-bond donors (Lipinski definition) is 0. The van der Waals surface area contributed by atoms with Crippen LogP contribution in [0.5, 0.6) is 0 Å². The molecule has 0 aliphatic carbocycles. The van der Waals surface area contributed by atoms with Gasteiger partial charge in [0.15, 0.2) is 5.82 Å². The molecule has 1 aromatic carbocycles. The van der Waals surface area contributed by atoms with E-state index in [0.29, 0.717) is 0 Å². The first-order chi connectivity index (χ1) is 13.1. The van der Waals surface area contributed by atoms with Gasteiger partial charge in [0.1, 0.15) is 11.6 Å². The summed E-state index contributed by atoms with van der Waals surface area (Å²) in [6, 6.07) is 12.6. The molecular weight excluding hydrogens is 344 g/mol. The predicted molar refractivity (Wildman–Crippen MR) is 115 cm³/mol. The zero-order chi connectivity index (χ0) is 20.5. The summed E-state index contributed by atoms with van der Waals surface area (Å²) in [5.41, 5.74) is 4.39. The molecule has 0 aliphatic heterocycles. The second kappa shape index (κ2) is 7.78. The molecule has 4 heteroatoms. The van der Waals surface area contributed by atoms with E-state index in [1.54, 1.807) is 0 Å². The highest BCUT2D eigenvalue weighted by molar-refractivity contribution is 5.68. The lowest BCUT2D eigenvalue weighted by molar-refractivity contribution is 0.589. The highest BCUT2D eigenvalue weighted by Crippen LogP contribution is 2.28. The third-order valence-electron chi connectivity index (χ3n) is 4.75. The molecule has 0 unspecified atom stereocenters. The lowest BCUT2D eigenvalue weighted by Crippen LogP contribution is -2.11. The molecule has 0 fully saturated rings. The first kappa shape index (κ1) is 20.1. The van der Waals surface area contributed by atoms with Crippen LogP contribution in [0.15, 0.2) is 42.6 Å². The van der Waals surface area contributed by atoms with Crippen molar-refractivity contribution in [3.8, 4) is 22.6 Å². The second-order valence-corrected chi connectivity index (χ2v) is 8.95. The highest BCUT2D eigenvalue weighted by Gasteiger charge is 2.16. The summed E-state index contributed by atoms with van der Waals surface area (Å²) >= 11 is 0. The Morgan fingerprint density at radius 3 is 1.93 bits per heavy atom. The summed E-state index contributed by atoms with van der Waals surface area (Å²) in [7, 11) is 0. The van der Waals surface area contributed by atoms with Crippen molar-refractivity contribution < 1.29 is 0 Å². The molecule has 28 heavy (non-hydrogen) atoms. The van der Waals surface area contributed by atoms with Gasteiger partial charge < -0.3 is 0 Å². The van der Waals surface area contributed by atoms with Crippen LogP contribution in [0.3, 0.4) is 0 Å². The topological polar surface area (TPSA) is 51.6 Å². The first-order valence-electron chi connectivity index (χ1n) is 9.98. The van der Waals surface area contributed by atoms with E-state index in [4.69, 9.17) is 9.97 Å². The van der Waals surface area contributed by atoms with E-state index in [0.717, 1.165) is 34.3 Å². The molecule has 0 N–H and O–H groups in total. The monoisotopic (exact) mass is 374 g/mol. The van der Waals surface area contributed by atoms with Crippen LogP contribution in [0.2, 0.25) is 0 Å². The lowest BCUT2D eigenvalue weighted by Gasteiger charge is -2.19. The van der Waals surface area contributed by atoms with Crippen LogP contribution in [0, 0.1) is 0 Å². The highest BCUT2D eigenvalue weighted by atomic mass is 15.0. The van der Waals surface area contributed by atoms with Crippen LogP contribution in [-0.4, -0.2) is 19.9 Å². The van der Waals surface area contributed by atoms with Gasteiger partial charge in [-0.1, -0.05) is 66.7 Å². The molecule has 3 rings (SSSR count). The van der Waals surface area contributed by atoms with Crippen molar-refractivity contribution in [2.45, 2.75) is 65.7 Å². The number of aromatic nitrogens is 4. The Bertz CT molecular complexity index is 942. The third-order valence-corrected chi connectivity index (χ3v) is 4.75. The molecule has 2 aromatic heterocycles. The largest absolute Gasteiger partial charge is 0.256 e. The number of benzene rings is 1. The van der Waals surface area contributed by atoms with Crippen LogP contribution in [0.1, 0.15) is 77.5 Å². The molecule has 3 aromatic rings. The van der Waals surface area contributed by atoms with Gasteiger partial charge in [0.2, 0.25) is 0 Å². The van der Waals surface area contributed by atoms with E-state index in [1.807, 2.05) is 12.3 Å². The van der Waals surface area contributed by atoms with Crippen molar-refractivity contribution >= 4 is 0 Å². The Balaban J connectivity index is 2.08. The van der Waals surface area contributed by atoms with Crippen molar-refractivity contribution in [2.24, 2.45) is 0 Å². The minimum absolute atomic E-state index is 0.0852. The number of rotatable bonds is 4. The van der Waals surface area contributed by atoms with Gasteiger partial charge >= 0.3 is 0 Å². The van der Waals surface area contributed by atoms with E-state index in [2.05, 4.69) is 88.8 Å². The summed E-state index contributed by atoms with van der Waals surface area (Å²) in [6.45, 7) is 15.1. The average molecular weight is 375 g/mol. The SMILES string of the molecule is CC(C)c1nc(-c2cccc(-c3cc(C(C)(C)C)ccn3)c2)nc(C(C)C)n1. The Morgan fingerprint density at radius 2 is 1.36 bits per heavy atom. The fraction of sp³-hybridized carbons (Fsp3) is 0.417. The number of pyridine rings is 1. The fourth-order valence-corrected chi connectivity index (χ4v) is 2.93. The zero-order valence-corrected chi connectivity index (χ0v) is 18.0. The summed E-state index contributed by atoms with van der Waals surface area (Å²) in [4.78, 5) is 18.7. The standard InChI is InChI=1S/C24H30N4/c1-15(2)21-26-22(16(3)4)28-23(27-21)18-10-8-9-17(13-18)20-14-19(11-12-25-20)24(5,6)7/h8-16H,1-7H3. The van der Waals surface area contributed by atoms with Crippen molar-refractivity contribution in [1.29, 1.82) is 0 Å². The molecule has 0 saturated heterocycles. The van der Waals surface area contributed by atoms with Crippen LogP contribution in [0.4, 0.5) is 0 Å². The molecule has 4 nitrogen and oxygen atoms in total. The summed E-state index contributed by atoms with van der Waals surface area (Å²) in [6.07, 6.45) is 1.89. The third kappa shape index (κ3) is 4.44. The number of nitrogens with zero attached hydrogens (tertiary/aromatic N) is 4. The lowest BCUT2D eigenvalue weighted by atomic mass is 9.87. The quantitative estimate of drug-likeness (QED) is 0.550. The minimum Gasteiger partial charge on any atom is -0.256 e. The zero-order valence-electron chi connectivity index (χ0n) is 18.0.